The van der Waals surface area contributed by atoms with Crippen LogP contribution in [0.2, 0.25) is 0 Å². The van der Waals surface area contributed by atoms with Crippen LogP contribution in [-0.4, -0.2) is 18.3 Å². The molecule has 1 aliphatic rings. The first kappa shape index (κ1) is 14.3. The molecule has 1 fully saturated rings. The Kier molecular flexibility index (Phi) is 3.39. The summed E-state index contributed by atoms with van der Waals surface area (Å²) in [4.78, 5) is 0. The van der Waals surface area contributed by atoms with Crippen molar-refractivity contribution in [3.8, 4) is 0 Å². The third-order valence-corrected chi connectivity index (χ3v) is 3.85. The molecule has 0 radical (unpaired) electrons. The van der Waals surface area contributed by atoms with E-state index >= 15 is 0 Å². The van der Waals surface area contributed by atoms with E-state index in [4.69, 9.17) is 13.7 Å². The van der Waals surface area contributed by atoms with E-state index in [0.717, 1.165) is 5.76 Å². The number of furan rings is 1. The second-order valence-corrected chi connectivity index (χ2v) is 5.99. The summed E-state index contributed by atoms with van der Waals surface area (Å²) in [5, 5.41) is 0. The lowest BCUT2D eigenvalue weighted by Gasteiger charge is -2.32. The molecule has 3 nitrogen and oxygen atoms in total. The number of hydrogen-bond donors (Lipinski definition) is 0. The van der Waals surface area contributed by atoms with Gasteiger partial charge in [0.25, 0.3) is 0 Å². The molecule has 104 valence electrons. The monoisotopic (exact) mass is 266 g/mol. The molecule has 0 atom stereocenters. The fraction of sp³-hybridized carbons (Fsp3) is 0.571. The van der Waals surface area contributed by atoms with E-state index in [1.807, 2.05) is 34.6 Å². The van der Waals surface area contributed by atoms with Crippen molar-refractivity contribution in [3.05, 3.63) is 28.9 Å². The first-order valence-corrected chi connectivity index (χ1v) is 6.42. The van der Waals surface area contributed by atoms with Gasteiger partial charge in [0.15, 0.2) is 0 Å². The van der Waals surface area contributed by atoms with E-state index < -0.39 is 24.0 Å². The van der Waals surface area contributed by atoms with Crippen LogP contribution in [0.15, 0.2) is 16.2 Å². The third-order valence-electron chi connectivity index (χ3n) is 3.85. The molecular weight excluding hydrogens is 246 g/mol. The maximum absolute atomic E-state index is 14.2. The highest BCUT2D eigenvalue weighted by Gasteiger charge is 2.53. The van der Waals surface area contributed by atoms with Crippen molar-refractivity contribution in [2.75, 3.05) is 0 Å². The summed E-state index contributed by atoms with van der Waals surface area (Å²) >= 11 is 0. The molecule has 0 unspecified atom stereocenters. The summed E-state index contributed by atoms with van der Waals surface area (Å²) in [6.07, 6.45) is 1.41. The Morgan fingerprint density at radius 1 is 1.16 bits per heavy atom. The fourth-order valence-corrected chi connectivity index (χ4v) is 1.97. The lowest BCUT2D eigenvalue weighted by molar-refractivity contribution is 0.00578. The average Bonchev–Trinajstić information content (AvgIpc) is 2.65. The lowest BCUT2D eigenvalue weighted by atomic mass is 9.87. The summed E-state index contributed by atoms with van der Waals surface area (Å²) in [7, 11) is -0.959. The Hall–Kier alpha value is -1.07. The highest BCUT2D eigenvalue weighted by Crippen LogP contribution is 2.39. The second kappa shape index (κ2) is 4.49. The van der Waals surface area contributed by atoms with Gasteiger partial charge in [-0.2, -0.15) is 0 Å². The number of aryl methyl sites for hydroxylation is 2. The van der Waals surface area contributed by atoms with Gasteiger partial charge in [0.1, 0.15) is 17.2 Å². The van der Waals surface area contributed by atoms with E-state index in [0.29, 0.717) is 11.3 Å². The van der Waals surface area contributed by atoms with Crippen molar-refractivity contribution in [2.45, 2.75) is 52.7 Å². The zero-order valence-corrected chi connectivity index (χ0v) is 12.3. The normalized spacial score (nSPS) is 22.1. The van der Waals surface area contributed by atoms with Crippen LogP contribution in [0.5, 0.6) is 0 Å². The lowest BCUT2D eigenvalue weighted by Crippen LogP contribution is -2.41. The van der Waals surface area contributed by atoms with E-state index in [1.54, 1.807) is 13.0 Å². The SMILES string of the molecule is Cc1cc(C=C(F)B2OC(C)(C)C(C)(C)O2)c(C)o1. The third kappa shape index (κ3) is 2.62. The molecule has 2 rings (SSSR count). The molecule has 1 aromatic heterocycles. The van der Waals surface area contributed by atoms with Gasteiger partial charge in [-0.25, -0.2) is 4.39 Å². The quantitative estimate of drug-likeness (QED) is 0.762. The van der Waals surface area contributed by atoms with Crippen molar-refractivity contribution in [1.82, 2.24) is 0 Å². The van der Waals surface area contributed by atoms with Gasteiger partial charge in [-0.1, -0.05) is 0 Å². The highest BCUT2D eigenvalue weighted by atomic mass is 19.1. The number of rotatable bonds is 2. The van der Waals surface area contributed by atoms with Gasteiger partial charge in [0.05, 0.1) is 11.2 Å². The number of halogens is 1. The fourth-order valence-electron chi connectivity index (χ4n) is 1.97. The summed E-state index contributed by atoms with van der Waals surface area (Å²) in [6.45, 7) is 11.2. The molecule has 0 spiro atoms. The minimum Gasteiger partial charge on any atom is -0.466 e. The molecule has 0 amide bonds. The maximum atomic E-state index is 14.2. The Morgan fingerprint density at radius 3 is 2.11 bits per heavy atom. The first-order valence-electron chi connectivity index (χ1n) is 6.42. The van der Waals surface area contributed by atoms with Gasteiger partial charge >= 0.3 is 7.12 Å². The van der Waals surface area contributed by atoms with Crippen LogP contribution in [0.4, 0.5) is 4.39 Å². The van der Waals surface area contributed by atoms with Crippen molar-refractivity contribution in [2.24, 2.45) is 0 Å². The van der Waals surface area contributed by atoms with Gasteiger partial charge < -0.3 is 13.7 Å². The van der Waals surface area contributed by atoms with E-state index in [1.165, 1.54) is 6.08 Å². The van der Waals surface area contributed by atoms with Crippen LogP contribution < -0.4 is 0 Å². The Bertz CT molecular complexity index is 501. The molecule has 2 heterocycles. The molecule has 5 heteroatoms. The van der Waals surface area contributed by atoms with Crippen molar-refractivity contribution < 1.29 is 18.1 Å². The average molecular weight is 266 g/mol. The summed E-state index contributed by atoms with van der Waals surface area (Å²) in [6, 6.07) is 1.79. The summed E-state index contributed by atoms with van der Waals surface area (Å²) in [5.41, 5.74) is -0.804. The van der Waals surface area contributed by atoms with E-state index in [-0.39, 0.29) is 0 Å². The molecule has 1 saturated heterocycles. The first-order chi connectivity index (χ1) is 8.62. The predicted octanol–water partition coefficient (Wildman–Crippen LogP) is 3.84. The van der Waals surface area contributed by atoms with Crippen LogP contribution in [0.1, 0.15) is 44.8 Å². The van der Waals surface area contributed by atoms with E-state index in [2.05, 4.69) is 0 Å². The van der Waals surface area contributed by atoms with Gasteiger partial charge in [-0.05, 0) is 53.7 Å². The Morgan fingerprint density at radius 2 is 1.68 bits per heavy atom. The number of hydrogen-bond acceptors (Lipinski definition) is 3. The van der Waals surface area contributed by atoms with Crippen LogP contribution >= 0.6 is 0 Å². The Balaban J connectivity index is 2.22. The summed E-state index contributed by atoms with van der Waals surface area (Å²) in [5.74, 6) is 1.44. The molecule has 0 saturated carbocycles. The van der Waals surface area contributed by atoms with E-state index in [9.17, 15) is 4.39 Å². The highest BCUT2D eigenvalue weighted by molar-refractivity contribution is 6.54. The zero-order valence-electron chi connectivity index (χ0n) is 12.3. The van der Waals surface area contributed by atoms with Crippen molar-refractivity contribution in [3.63, 3.8) is 0 Å². The molecule has 0 aromatic carbocycles. The predicted molar refractivity (Wildman–Crippen MR) is 73.3 cm³/mol. The van der Waals surface area contributed by atoms with Crippen LogP contribution in [0.3, 0.4) is 0 Å². The van der Waals surface area contributed by atoms with Crippen molar-refractivity contribution >= 4 is 13.2 Å². The van der Waals surface area contributed by atoms with Gasteiger partial charge in [0, 0.05) is 5.56 Å². The Labute approximate surface area is 113 Å². The summed E-state index contributed by atoms with van der Waals surface area (Å²) < 4.78 is 30.9. The molecule has 19 heavy (non-hydrogen) atoms. The van der Waals surface area contributed by atoms with Gasteiger partial charge in [-0.3, -0.25) is 0 Å². The molecule has 0 aliphatic carbocycles. The maximum Gasteiger partial charge on any atom is 0.525 e. The van der Waals surface area contributed by atoms with Crippen LogP contribution in [-0.2, 0) is 9.31 Å². The van der Waals surface area contributed by atoms with Gasteiger partial charge in [-0.15, -0.1) is 0 Å². The molecule has 1 aliphatic heterocycles. The molecule has 1 aromatic rings. The minimum atomic E-state index is -0.959. The van der Waals surface area contributed by atoms with Gasteiger partial charge in [0.2, 0.25) is 0 Å². The van der Waals surface area contributed by atoms with Crippen LogP contribution in [0, 0.1) is 13.8 Å². The van der Waals surface area contributed by atoms with Crippen molar-refractivity contribution in [1.29, 1.82) is 0 Å². The second-order valence-electron chi connectivity index (χ2n) is 5.99. The smallest absolute Gasteiger partial charge is 0.466 e. The molecule has 0 bridgehead atoms. The zero-order chi connectivity index (χ0) is 14.4. The van der Waals surface area contributed by atoms with Crippen LogP contribution in [0.25, 0.3) is 6.08 Å². The largest absolute Gasteiger partial charge is 0.525 e. The molecular formula is C14H20BFO3. The topological polar surface area (TPSA) is 31.6 Å². The molecule has 0 N–H and O–H groups in total. The standard InChI is InChI=1S/C14H20BFO3/c1-9-7-11(10(2)17-9)8-12(16)15-18-13(3,4)14(5,6)19-15/h7-8H,1-6H3. The minimum absolute atomic E-state index is 0.442.